The number of aliphatic carboxylic acids is 1. The van der Waals surface area contributed by atoms with E-state index >= 15 is 0 Å². The number of nitrogens with one attached hydrogen (secondary N) is 1. The van der Waals surface area contributed by atoms with Crippen LogP contribution in [0.3, 0.4) is 0 Å². The van der Waals surface area contributed by atoms with Gasteiger partial charge in [-0.3, -0.25) is 9.48 Å². The summed E-state index contributed by atoms with van der Waals surface area (Å²) >= 11 is 3.35. The van der Waals surface area contributed by atoms with Crippen LogP contribution < -0.4 is 10.1 Å². The van der Waals surface area contributed by atoms with Crippen LogP contribution in [0.5, 0.6) is 5.75 Å². The fourth-order valence-corrected chi connectivity index (χ4v) is 2.42. The minimum atomic E-state index is -1.03. The van der Waals surface area contributed by atoms with Crippen LogP contribution in [0.25, 0.3) is 0 Å². The Bertz CT molecular complexity index is 950. The molecule has 1 aromatic carbocycles. The standard InChI is InChI=1S/C17H16BrN5O4/c1-11(17(25)26)23-7-6-15(21-23)16(24)20-13-8-19-22(9-13)10-27-14-4-2-12(18)3-5-14/h2-9,11H,10H2,1H3,(H,20,24)(H,25,26). The third-order valence-corrected chi connectivity index (χ3v) is 4.19. The molecular weight excluding hydrogens is 418 g/mol. The molecule has 9 nitrogen and oxygen atoms in total. The number of ether oxygens (including phenoxy) is 1. The molecule has 0 saturated carbocycles. The summed E-state index contributed by atoms with van der Waals surface area (Å²) in [6.45, 7) is 1.66. The Hall–Kier alpha value is -3.14. The maximum absolute atomic E-state index is 12.2. The lowest BCUT2D eigenvalue weighted by molar-refractivity contribution is -0.140. The lowest BCUT2D eigenvalue weighted by Gasteiger charge is -2.06. The van der Waals surface area contributed by atoms with E-state index in [1.807, 2.05) is 24.3 Å². The van der Waals surface area contributed by atoms with Gasteiger partial charge in [0.05, 0.1) is 18.1 Å². The van der Waals surface area contributed by atoms with Crippen molar-refractivity contribution < 1.29 is 19.4 Å². The first kappa shape index (κ1) is 18.6. The van der Waals surface area contributed by atoms with Gasteiger partial charge in [0.15, 0.2) is 12.4 Å². The number of nitrogens with zero attached hydrogens (tertiary/aromatic N) is 4. The first-order chi connectivity index (χ1) is 12.9. The Balaban J connectivity index is 1.57. The zero-order valence-electron chi connectivity index (χ0n) is 14.2. The Morgan fingerprint density at radius 3 is 2.74 bits per heavy atom. The van der Waals surface area contributed by atoms with Gasteiger partial charge in [-0.2, -0.15) is 10.2 Å². The first-order valence-corrected chi connectivity index (χ1v) is 8.72. The second kappa shape index (κ2) is 8.04. The Morgan fingerprint density at radius 2 is 2.04 bits per heavy atom. The second-order valence-corrected chi connectivity index (χ2v) is 6.56. The minimum absolute atomic E-state index is 0.113. The van der Waals surface area contributed by atoms with Gasteiger partial charge in [0.25, 0.3) is 5.91 Å². The highest BCUT2D eigenvalue weighted by molar-refractivity contribution is 9.10. The predicted octanol–water partition coefficient (Wildman–Crippen LogP) is 2.78. The number of carboxylic acids is 1. The number of amides is 1. The Kier molecular flexibility index (Phi) is 5.55. The fraction of sp³-hybridized carbons (Fsp3) is 0.176. The van der Waals surface area contributed by atoms with Gasteiger partial charge in [-0.05, 0) is 37.3 Å². The van der Waals surface area contributed by atoms with E-state index in [0.29, 0.717) is 11.4 Å². The predicted molar refractivity (Wildman–Crippen MR) is 99.5 cm³/mol. The lowest BCUT2D eigenvalue weighted by Crippen LogP contribution is -2.18. The number of anilines is 1. The van der Waals surface area contributed by atoms with Crippen LogP contribution in [0.2, 0.25) is 0 Å². The zero-order valence-corrected chi connectivity index (χ0v) is 15.8. The van der Waals surface area contributed by atoms with Gasteiger partial charge < -0.3 is 15.2 Å². The normalized spacial score (nSPS) is 11.8. The van der Waals surface area contributed by atoms with E-state index in [4.69, 9.17) is 9.84 Å². The van der Waals surface area contributed by atoms with Crippen molar-refractivity contribution in [3.8, 4) is 5.75 Å². The van der Waals surface area contributed by atoms with Crippen molar-refractivity contribution in [1.82, 2.24) is 19.6 Å². The van der Waals surface area contributed by atoms with Crippen molar-refractivity contribution in [2.45, 2.75) is 19.7 Å². The van der Waals surface area contributed by atoms with Crippen LogP contribution >= 0.6 is 15.9 Å². The highest BCUT2D eigenvalue weighted by Gasteiger charge is 2.17. The number of carbonyl (C=O) groups is 2. The molecule has 10 heteroatoms. The molecule has 0 aliphatic carbocycles. The van der Waals surface area contributed by atoms with Crippen molar-refractivity contribution in [2.24, 2.45) is 0 Å². The van der Waals surface area contributed by atoms with Crippen molar-refractivity contribution >= 4 is 33.5 Å². The van der Waals surface area contributed by atoms with Gasteiger partial charge in [0.1, 0.15) is 11.8 Å². The van der Waals surface area contributed by atoms with E-state index in [1.165, 1.54) is 34.7 Å². The third kappa shape index (κ3) is 4.73. The lowest BCUT2D eigenvalue weighted by atomic mass is 10.3. The summed E-state index contributed by atoms with van der Waals surface area (Å²) in [5.41, 5.74) is 0.585. The fourth-order valence-electron chi connectivity index (χ4n) is 2.15. The molecular formula is C17H16BrN5O4. The molecule has 3 rings (SSSR count). The summed E-state index contributed by atoms with van der Waals surface area (Å²) in [7, 11) is 0. The second-order valence-electron chi connectivity index (χ2n) is 5.65. The first-order valence-electron chi connectivity index (χ1n) is 7.92. The Morgan fingerprint density at radius 1 is 1.30 bits per heavy atom. The molecule has 1 amide bonds. The molecule has 0 spiro atoms. The Labute approximate surface area is 162 Å². The molecule has 27 heavy (non-hydrogen) atoms. The molecule has 2 heterocycles. The van der Waals surface area contributed by atoms with Gasteiger partial charge >= 0.3 is 5.97 Å². The number of carboxylic acid groups (broad SMARTS) is 1. The smallest absolute Gasteiger partial charge is 0.328 e. The van der Waals surface area contributed by atoms with Gasteiger partial charge in [0, 0.05) is 10.7 Å². The number of hydrogen-bond donors (Lipinski definition) is 2. The van der Waals surface area contributed by atoms with E-state index < -0.39 is 17.9 Å². The summed E-state index contributed by atoms with van der Waals surface area (Å²) in [6.07, 6.45) is 4.55. The van der Waals surface area contributed by atoms with E-state index in [2.05, 4.69) is 31.4 Å². The largest absolute Gasteiger partial charge is 0.480 e. The summed E-state index contributed by atoms with van der Waals surface area (Å²) in [4.78, 5) is 23.2. The molecule has 2 N–H and O–H groups in total. The molecule has 0 radical (unpaired) electrons. The van der Waals surface area contributed by atoms with E-state index in [0.717, 1.165) is 4.47 Å². The van der Waals surface area contributed by atoms with Crippen LogP contribution in [-0.4, -0.2) is 36.5 Å². The summed E-state index contributed by atoms with van der Waals surface area (Å²) in [6, 6.07) is 7.98. The number of rotatable bonds is 7. The molecule has 0 fully saturated rings. The molecule has 1 atom stereocenters. The highest BCUT2D eigenvalue weighted by Crippen LogP contribution is 2.17. The summed E-state index contributed by atoms with van der Waals surface area (Å²) in [5, 5.41) is 19.7. The van der Waals surface area contributed by atoms with Gasteiger partial charge in [-0.1, -0.05) is 15.9 Å². The molecule has 0 aliphatic heterocycles. The van der Waals surface area contributed by atoms with E-state index in [-0.39, 0.29) is 12.4 Å². The summed E-state index contributed by atoms with van der Waals surface area (Å²) in [5.74, 6) is -0.797. The van der Waals surface area contributed by atoms with E-state index in [9.17, 15) is 9.59 Å². The third-order valence-electron chi connectivity index (χ3n) is 3.66. The zero-order chi connectivity index (χ0) is 19.4. The number of benzene rings is 1. The topological polar surface area (TPSA) is 111 Å². The number of aromatic nitrogens is 4. The molecule has 1 unspecified atom stereocenters. The quantitative estimate of drug-likeness (QED) is 0.592. The molecule has 2 aromatic heterocycles. The molecule has 0 bridgehead atoms. The van der Waals surface area contributed by atoms with Gasteiger partial charge in [0.2, 0.25) is 0 Å². The molecule has 0 aliphatic rings. The number of carbonyl (C=O) groups excluding carboxylic acids is 1. The average molecular weight is 434 g/mol. The van der Waals surface area contributed by atoms with Crippen LogP contribution in [-0.2, 0) is 11.5 Å². The van der Waals surface area contributed by atoms with Crippen molar-refractivity contribution in [3.63, 3.8) is 0 Å². The minimum Gasteiger partial charge on any atom is -0.480 e. The van der Waals surface area contributed by atoms with Gasteiger partial charge in [-0.15, -0.1) is 0 Å². The molecule has 140 valence electrons. The SMILES string of the molecule is CC(C(=O)O)n1ccc(C(=O)Nc2cnn(COc3ccc(Br)cc3)c2)n1. The van der Waals surface area contributed by atoms with Crippen molar-refractivity contribution in [2.75, 3.05) is 5.32 Å². The van der Waals surface area contributed by atoms with Crippen LogP contribution in [0, 0.1) is 0 Å². The molecule has 3 aromatic rings. The molecule has 0 saturated heterocycles. The summed E-state index contributed by atoms with van der Waals surface area (Å²) < 4.78 is 9.30. The van der Waals surface area contributed by atoms with Crippen LogP contribution in [0.15, 0.2) is 53.4 Å². The highest BCUT2D eigenvalue weighted by atomic mass is 79.9. The van der Waals surface area contributed by atoms with Crippen molar-refractivity contribution in [1.29, 1.82) is 0 Å². The average Bonchev–Trinajstić information content (AvgIpc) is 3.30. The van der Waals surface area contributed by atoms with Crippen LogP contribution in [0.1, 0.15) is 23.5 Å². The number of hydrogen-bond acceptors (Lipinski definition) is 5. The monoisotopic (exact) mass is 433 g/mol. The van der Waals surface area contributed by atoms with Crippen molar-refractivity contribution in [3.05, 3.63) is 59.1 Å². The maximum Gasteiger partial charge on any atom is 0.328 e. The maximum atomic E-state index is 12.2. The van der Waals surface area contributed by atoms with Gasteiger partial charge in [-0.25, -0.2) is 9.48 Å². The number of halogens is 1. The van der Waals surface area contributed by atoms with Crippen LogP contribution in [0.4, 0.5) is 5.69 Å². The van der Waals surface area contributed by atoms with E-state index in [1.54, 1.807) is 6.20 Å².